The first-order valence-electron chi connectivity index (χ1n) is 5.67. The summed E-state index contributed by atoms with van der Waals surface area (Å²) in [4.78, 5) is 12.1. The minimum atomic E-state index is -0.361. The highest BCUT2D eigenvalue weighted by Crippen LogP contribution is 2.16. The molecule has 94 valence electrons. The fourth-order valence-electron chi connectivity index (χ4n) is 1.36. The van der Waals surface area contributed by atoms with Crippen LogP contribution in [0.25, 0.3) is 0 Å². The molecule has 1 atom stereocenters. The van der Waals surface area contributed by atoms with E-state index in [0.29, 0.717) is 18.0 Å². The van der Waals surface area contributed by atoms with Gasteiger partial charge < -0.3 is 11.1 Å². The van der Waals surface area contributed by atoms with E-state index in [1.165, 1.54) is 0 Å². The summed E-state index contributed by atoms with van der Waals surface area (Å²) in [6, 6.07) is 7.50. The lowest BCUT2D eigenvalue weighted by Gasteiger charge is -2.33. The quantitative estimate of drug-likeness (QED) is 0.823. The van der Waals surface area contributed by atoms with Crippen LogP contribution in [0.5, 0.6) is 0 Å². The summed E-state index contributed by atoms with van der Waals surface area (Å²) < 4.78 is 1.12. The maximum atomic E-state index is 12.1. The third-order valence-corrected chi connectivity index (χ3v) is 3.92. The molecule has 0 aliphatic rings. The third kappa shape index (κ3) is 3.67. The number of rotatable bonds is 4. The number of hydrogen-bond acceptors (Lipinski definition) is 2. The van der Waals surface area contributed by atoms with Gasteiger partial charge in [-0.15, -0.1) is 0 Å². The van der Waals surface area contributed by atoms with E-state index in [1.54, 1.807) is 0 Å². The molecule has 0 heterocycles. The summed E-state index contributed by atoms with van der Waals surface area (Å²) in [5.74, 6) is 0.225. The topological polar surface area (TPSA) is 55.1 Å². The SMILES string of the molecule is CC(C)C(C)(CN)NC(=O)c1ccc(I)cc1. The van der Waals surface area contributed by atoms with Crippen molar-refractivity contribution >= 4 is 28.5 Å². The monoisotopic (exact) mass is 346 g/mol. The molecule has 4 heteroatoms. The van der Waals surface area contributed by atoms with Crippen molar-refractivity contribution in [2.45, 2.75) is 26.3 Å². The van der Waals surface area contributed by atoms with Gasteiger partial charge in [0.25, 0.3) is 5.91 Å². The van der Waals surface area contributed by atoms with Crippen LogP contribution in [-0.4, -0.2) is 18.0 Å². The highest BCUT2D eigenvalue weighted by atomic mass is 127. The van der Waals surface area contributed by atoms with Crippen molar-refractivity contribution < 1.29 is 4.79 Å². The molecule has 3 N–H and O–H groups in total. The zero-order valence-corrected chi connectivity index (χ0v) is 12.6. The van der Waals surface area contributed by atoms with Crippen molar-refractivity contribution in [2.75, 3.05) is 6.54 Å². The summed E-state index contributed by atoms with van der Waals surface area (Å²) in [6.45, 7) is 6.52. The smallest absolute Gasteiger partial charge is 0.251 e. The largest absolute Gasteiger partial charge is 0.345 e. The van der Waals surface area contributed by atoms with Crippen LogP contribution in [0, 0.1) is 9.49 Å². The summed E-state index contributed by atoms with van der Waals surface area (Å²) in [5.41, 5.74) is 6.05. The van der Waals surface area contributed by atoms with Gasteiger partial charge in [-0.2, -0.15) is 0 Å². The highest BCUT2D eigenvalue weighted by molar-refractivity contribution is 14.1. The molecule has 0 aromatic heterocycles. The van der Waals surface area contributed by atoms with Crippen LogP contribution in [0.15, 0.2) is 24.3 Å². The number of benzene rings is 1. The Morgan fingerprint density at radius 3 is 2.35 bits per heavy atom. The van der Waals surface area contributed by atoms with Crippen molar-refractivity contribution in [1.29, 1.82) is 0 Å². The molecule has 0 saturated heterocycles. The second-order valence-corrected chi connectivity index (χ2v) is 5.98. The van der Waals surface area contributed by atoms with Crippen LogP contribution in [0.2, 0.25) is 0 Å². The third-order valence-electron chi connectivity index (χ3n) is 3.20. The molecule has 0 saturated carbocycles. The number of nitrogens with one attached hydrogen (secondary N) is 1. The van der Waals surface area contributed by atoms with E-state index in [1.807, 2.05) is 31.2 Å². The molecule has 1 aromatic rings. The zero-order chi connectivity index (χ0) is 13.1. The summed E-state index contributed by atoms with van der Waals surface area (Å²) in [6.07, 6.45) is 0. The molecule has 0 spiro atoms. The molecule has 3 nitrogen and oxygen atoms in total. The lowest BCUT2D eigenvalue weighted by atomic mass is 9.88. The molecular weight excluding hydrogens is 327 g/mol. The molecule has 0 bridgehead atoms. The van der Waals surface area contributed by atoms with Crippen LogP contribution in [-0.2, 0) is 0 Å². The molecule has 17 heavy (non-hydrogen) atoms. The lowest BCUT2D eigenvalue weighted by Crippen LogP contribution is -2.55. The van der Waals surface area contributed by atoms with Crippen molar-refractivity contribution in [1.82, 2.24) is 5.32 Å². The van der Waals surface area contributed by atoms with Crippen molar-refractivity contribution in [3.05, 3.63) is 33.4 Å². The highest BCUT2D eigenvalue weighted by Gasteiger charge is 2.28. The van der Waals surface area contributed by atoms with Gasteiger partial charge in [0.05, 0.1) is 5.54 Å². The number of carbonyl (C=O) groups excluding carboxylic acids is 1. The van der Waals surface area contributed by atoms with Crippen LogP contribution >= 0.6 is 22.6 Å². The fourth-order valence-corrected chi connectivity index (χ4v) is 1.72. The number of hydrogen-bond donors (Lipinski definition) is 2. The molecule has 1 aromatic carbocycles. The first-order chi connectivity index (χ1) is 7.89. The molecule has 1 amide bonds. The van der Waals surface area contributed by atoms with Gasteiger partial charge in [-0.3, -0.25) is 4.79 Å². The van der Waals surface area contributed by atoms with E-state index in [9.17, 15) is 4.79 Å². The Bertz CT molecular complexity index is 389. The Morgan fingerprint density at radius 2 is 1.94 bits per heavy atom. The van der Waals surface area contributed by atoms with Gasteiger partial charge >= 0.3 is 0 Å². The Labute approximate surface area is 116 Å². The van der Waals surface area contributed by atoms with E-state index in [-0.39, 0.29) is 11.4 Å². The molecule has 1 unspecified atom stereocenters. The van der Waals surface area contributed by atoms with Gasteiger partial charge in [0.2, 0.25) is 0 Å². The number of halogens is 1. The minimum Gasteiger partial charge on any atom is -0.345 e. The lowest BCUT2D eigenvalue weighted by molar-refractivity contribution is 0.0883. The Morgan fingerprint density at radius 1 is 1.41 bits per heavy atom. The average molecular weight is 346 g/mol. The molecular formula is C13H19IN2O. The van der Waals surface area contributed by atoms with Crippen LogP contribution in [0.4, 0.5) is 0 Å². The second-order valence-electron chi connectivity index (χ2n) is 4.74. The minimum absolute atomic E-state index is 0.0666. The predicted octanol–water partition coefficient (Wildman–Crippen LogP) is 2.39. The van der Waals surface area contributed by atoms with Crippen LogP contribution in [0.3, 0.4) is 0 Å². The second kappa shape index (κ2) is 5.82. The van der Waals surface area contributed by atoms with Gasteiger partial charge in [-0.05, 0) is 59.7 Å². The molecule has 0 aliphatic heterocycles. The maximum absolute atomic E-state index is 12.1. The van der Waals surface area contributed by atoms with Gasteiger partial charge in [0.15, 0.2) is 0 Å². The number of carbonyl (C=O) groups is 1. The van der Waals surface area contributed by atoms with E-state index in [0.717, 1.165) is 3.57 Å². The Balaban J connectivity index is 2.81. The summed E-state index contributed by atoms with van der Waals surface area (Å²) in [5, 5.41) is 3.01. The van der Waals surface area contributed by atoms with Gasteiger partial charge in [-0.25, -0.2) is 0 Å². The predicted molar refractivity (Wildman–Crippen MR) is 78.9 cm³/mol. The Hall–Kier alpha value is -0.620. The number of amides is 1. The first kappa shape index (κ1) is 14.4. The molecule has 0 aliphatic carbocycles. The van der Waals surface area contributed by atoms with E-state index in [4.69, 9.17) is 5.73 Å². The fraction of sp³-hybridized carbons (Fsp3) is 0.462. The first-order valence-corrected chi connectivity index (χ1v) is 6.75. The van der Waals surface area contributed by atoms with E-state index >= 15 is 0 Å². The van der Waals surface area contributed by atoms with Crippen molar-refractivity contribution in [3.8, 4) is 0 Å². The van der Waals surface area contributed by atoms with Gasteiger partial charge in [0.1, 0.15) is 0 Å². The zero-order valence-electron chi connectivity index (χ0n) is 10.5. The van der Waals surface area contributed by atoms with Gasteiger partial charge in [-0.1, -0.05) is 13.8 Å². The normalized spacial score (nSPS) is 14.5. The average Bonchev–Trinajstić information content (AvgIpc) is 2.29. The van der Waals surface area contributed by atoms with Crippen LogP contribution < -0.4 is 11.1 Å². The van der Waals surface area contributed by atoms with Crippen molar-refractivity contribution in [2.24, 2.45) is 11.7 Å². The van der Waals surface area contributed by atoms with E-state index < -0.39 is 0 Å². The molecule has 0 fully saturated rings. The standard InChI is InChI=1S/C13H19IN2O/c1-9(2)13(3,8-15)16-12(17)10-4-6-11(14)7-5-10/h4-7,9H,8,15H2,1-3H3,(H,16,17). The molecule has 1 rings (SSSR count). The van der Waals surface area contributed by atoms with Crippen molar-refractivity contribution in [3.63, 3.8) is 0 Å². The number of nitrogens with two attached hydrogens (primary N) is 1. The van der Waals surface area contributed by atoms with Gasteiger partial charge in [0, 0.05) is 15.7 Å². The van der Waals surface area contributed by atoms with E-state index in [2.05, 4.69) is 41.8 Å². The Kier molecular flexibility index (Phi) is 4.94. The maximum Gasteiger partial charge on any atom is 0.251 e. The summed E-state index contributed by atoms with van der Waals surface area (Å²) >= 11 is 2.21. The van der Waals surface area contributed by atoms with Crippen LogP contribution in [0.1, 0.15) is 31.1 Å². The summed E-state index contributed by atoms with van der Waals surface area (Å²) in [7, 11) is 0. The molecule has 0 radical (unpaired) electrons.